The van der Waals surface area contributed by atoms with E-state index in [4.69, 9.17) is 16.3 Å². The maximum Gasteiger partial charge on any atom is 0.258 e. The molecule has 4 rings (SSSR count). The van der Waals surface area contributed by atoms with Crippen LogP contribution in [0.3, 0.4) is 0 Å². The van der Waals surface area contributed by atoms with E-state index in [9.17, 15) is 14.4 Å². The molecule has 0 unspecified atom stereocenters. The number of hydrogen-bond acceptors (Lipinski definition) is 5. The maximum atomic E-state index is 13.8. The van der Waals surface area contributed by atoms with E-state index >= 15 is 0 Å². The van der Waals surface area contributed by atoms with Gasteiger partial charge in [-0.1, -0.05) is 41.9 Å². The van der Waals surface area contributed by atoms with Crippen LogP contribution in [0.15, 0.2) is 60.9 Å². The van der Waals surface area contributed by atoms with Gasteiger partial charge in [-0.05, 0) is 67.9 Å². The van der Waals surface area contributed by atoms with Gasteiger partial charge >= 0.3 is 0 Å². The molecule has 1 aliphatic rings. The summed E-state index contributed by atoms with van der Waals surface area (Å²) in [7, 11) is 3.44. The van der Waals surface area contributed by atoms with E-state index in [2.05, 4.69) is 10.2 Å². The summed E-state index contributed by atoms with van der Waals surface area (Å²) in [5.41, 5.74) is 2.38. The number of hydrogen-bond donors (Lipinski definition) is 1. The highest BCUT2D eigenvalue weighted by molar-refractivity contribution is 6.31. The number of H-pyrrole nitrogens is 1. The molecular weight excluding hydrogens is 566 g/mol. The number of ether oxygens (including phenoxy) is 1. The zero-order valence-corrected chi connectivity index (χ0v) is 25.9. The van der Waals surface area contributed by atoms with Crippen molar-refractivity contribution in [3.8, 4) is 5.75 Å². The number of aromatic nitrogens is 2. The Morgan fingerprint density at radius 3 is 2.49 bits per heavy atom. The van der Waals surface area contributed by atoms with Gasteiger partial charge in [-0.25, -0.2) is 0 Å². The second-order valence-corrected chi connectivity index (χ2v) is 11.6. The number of aromatic amines is 1. The van der Waals surface area contributed by atoms with Crippen LogP contribution in [0.1, 0.15) is 60.0 Å². The molecule has 2 heterocycles. The fourth-order valence-corrected chi connectivity index (χ4v) is 5.51. The molecule has 43 heavy (non-hydrogen) atoms. The van der Waals surface area contributed by atoms with Crippen LogP contribution in [0.25, 0.3) is 0 Å². The molecule has 3 amide bonds. The number of carbonyl (C=O) groups excluding carboxylic acids is 3. The van der Waals surface area contributed by atoms with E-state index in [0.29, 0.717) is 55.4 Å². The normalized spacial score (nSPS) is 17.7. The molecule has 2 aromatic carbocycles. The number of rotatable bonds is 6. The molecule has 0 radical (unpaired) electrons. The lowest BCUT2D eigenvalue weighted by Gasteiger charge is -2.31. The van der Waals surface area contributed by atoms with Crippen LogP contribution in [0.5, 0.6) is 5.75 Å². The van der Waals surface area contributed by atoms with Crippen LogP contribution in [0.2, 0.25) is 5.02 Å². The number of aryl methyl sites for hydroxylation is 1. The van der Waals surface area contributed by atoms with Gasteiger partial charge in [-0.2, -0.15) is 5.10 Å². The molecule has 0 spiro atoms. The fourth-order valence-electron chi connectivity index (χ4n) is 5.33. The van der Waals surface area contributed by atoms with Crippen LogP contribution < -0.4 is 4.74 Å². The average molecular weight is 608 g/mol. The Hall–Kier alpha value is -3.85. The molecule has 1 aliphatic heterocycles. The Morgan fingerprint density at radius 2 is 1.74 bits per heavy atom. The summed E-state index contributed by atoms with van der Waals surface area (Å²) < 4.78 is 6.08. The predicted molar refractivity (Wildman–Crippen MR) is 167 cm³/mol. The monoisotopic (exact) mass is 607 g/mol. The molecule has 0 fully saturated rings. The third-order valence-corrected chi connectivity index (χ3v) is 8.14. The molecule has 1 N–H and O–H groups in total. The standard InChI is InChI=1S/C33H42ClN5O4/c1-37-17-6-7-18-39(31(40)14-10-13-26-23-35-36-24-26)19-8-9-20-43-30-16-15-27(34)22-28(30)32(41)38(2)29(33(37)42)21-25-11-4-3-5-12-25/h3-5,11-12,15-16,22-24,29H,6-10,13-14,17-21H2,1-2H3,(H,35,36)/t29-/m0/s1. The first-order valence-electron chi connectivity index (χ1n) is 15.1. The first-order chi connectivity index (χ1) is 20.8. The number of amides is 3. The second-order valence-electron chi connectivity index (χ2n) is 11.1. The lowest BCUT2D eigenvalue weighted by molar-refractivity contribution is -0.135. The van der Waals surface area contributed by atoms with Crippen molar-refractivity contribution in [2.24, 2.45) is 0 Å². The van der Waals surface area contributed by atoms with Gasteiger partial charge in [0, 0.05) is 57.8 Å². The van der Waals surface area contributed by atoms with Gasteiger partial charge in [0.2, 0.25) is 11.8 Å². The lowest BCUT2D eigenvalue weighted by atomic mass is 10.0. The summed E-state index contributed by atoms with van der Waals surface area (Å²) in [5, 5.41) is 7.21. The smallest absolute Gasteiger partial charge is 0.258 e. The van der Waals surface area contributed by atoms with E-state index in [-0.39, 0.29) is 17.7 Å². The number of halogens is 1. The van der Waals surface area contributed by atoms with E-state index in [0.717, 1.165) is 49.7 Å². The molecule has 0 aliphatic carbocycles. The van der Waals surface area contributed by atoms with E-state index in [1.165, 1.54) is 4.90 Å². The van der Waals surface area contributed by atoms with Crippen LogP contribution in [0, 0.1) is 0 Å². The van der Waals surface area contributed by atoms with Crippen LogP contribution >= 0.6 is 11.6 Å². The average Bonchev–Trinajstić information content (AvgIpc) is 3.53. The third kappa shape index (κ3) is 9.32. The van der Waals surface area contributed by atoms with Crippen molar-refractivity contribution in [1.82, 2.24) is 24.9 Å². The van der Waals surface area contributed by atoms with Gasteiger partial charge in [-0.3, -0.25) is 19.5 Å². The minimum atomic E-state index is -0.712. The summed E-state index contributed by atoms with van der Waals surface area (Å²) in [5.74, 6) is 0.108. The molecule has 3 aromatic rings. The highest BCUT2D eigenvalue weighted by Gasteiger charge is 2.31. The number of nitrogens with zero attached hydrogens (tertiary/aromatic N) is 4. The Kier molecular flexibility index (Phi) is 12.0. The van der Waals surface area contributed by atoms with Crippen LogP contribution in [0.4, 0.5) is 0 Å². The van der Waals surface area contributed by atoms with Crippen LogP contribution in [-0.4, -0.2) is 89.0 Å². The number of benzene rings is 2. The molecule has 1 atom stereocenters. The minimum Gasteiger partial charge on any atom is -0.493 e. The van der Waals surface area contributed by atoms with Gasteiger partial charge in [0.15, 0.2) is 0 Å². The molecule has 0 saturated carbocycles. The third-order valence-electron chi connectivity index (χ3n) is 7.91. The molecule has 1 aromatic heterocycles. The molecule has 9 nitrogen and oxygen atoms in total. The summed E-state index contributed by atoms with van der Waals surface area (Å²) in [4.78, 5) is 46.0. The van der Waals surface area contributed by atoms with Crippen molar-refractivity contribution < 1.29 is 19.1 Å². The van der Waals surface area contributed by atoms with Gasteiger partial charge in [0.25, 0.3) is 5.91 Å². The van der Waals surface area contributed by atoms with E-state index in [1.807, 2.05) is 41.4 Å². The fraction of sp³-hybridized carbons (Fsp3) is 0.455. The Morgan fingerprint density at radius 1 is 1.00 bits per heavy atom. The molecule has 10 heteroatoms. The van der Waals surface area contributed by atoms with Crippen molar-refractivity contribution in [1.29, 1.82) is 0 Å². The largest absolute Gasteiger partial charge is 0.493 e. The first kappa shape index (κ1) is 32.1. The zero-order chi connectivity index (χ0) is 30.6. The number of nitrogens with one attached hydrogen (secondary N) is 1. The lowest BCUT2D eigenvalue weighted by Crippen LogP contribution is -2.49. The topological polar surface area (TPSA) is 98.8 Å². The van der Waals surface area contributed by atoms with Crippen LogP contribution in [-0.2, 0) is 22.4 Å². The van der Waals surface area contributed by atoms with Crippen molar-refractivity contribution in [3.63, 3.8) is 0 Å². The number of carbonyl (C=O) groups is 3. The highest BCUT2D eigenvalue weighted by atomic mass is 35.5. The molecular formula is C33H42ClN5O4. The van der Waals surface area contributed by atoms with Crippen molar-refractivity contribution in [2.45, 2.75) is 57.4 Å². The molecule has 0 bridgehead atoms. The van der Waals surface area contributed by atoms with Gasteiger partial charge in [0.05, 0.1) is 18.4 Å². The highest BCUT2D eigenvalue weighted by Crippen LogP contribution is 2.26. The number of fused-ring (bicyclic) bond motifs is 1. The van der Waals surface area contributed by atoms with Gasteiger partial charge < -0.3 is 19.4 Å². The van der Waals surface area contributed by atoms with Gasteiger partial charge in [-0.15, -0.1) is 0 Å². The van der Waals surface area contributed by atoms with Gasteiger partial charge in [0.1, 0.15) is 11.8 Å². The summed E-state index contributed by atoms with van der Waals surface area (Å²) in [6, 6.07) is 14.0. The van der Waals surface area contributed by atoms with Crippen molar-refractivity contribution in [3.05, 3.63) is 82.6 Å². The molecule has 230 valence electrons. The Balaban J connectivity index is 1.51. The maximum absolute atomic E-state index is 13.8. The van der Waals surface area contributed by atoms with Crippen molar-refractivity contribution >= 4 is 29.3 Å². The summed E-state index contributed by atoms with van der Waals surface area (Å²) >= 11 is 6.31. The quantitative estimate of drug-likeness (QED) is 0.425. The first-order valence-corrected chi connectivity index (χ1v) is 15.4. The number of likely N-dealkylation sites (N-methyl/N-ethyl adjacent to an activating group) is 2. The van der Waals surface area contributed by atoms with Crippen molar-refractivity contribution in [2.75, 3.05) is 40.3 Å². The van der Waals surface area contributed by atoms with E-state index < -0.39 is 6.04 Å². The predicted octanol–water partition coefficient (Wildman–Crippen LogP) is 5.01. The minimum absolute atomic E-state index is 0.138. The SMILES string of the molecule is CN1CCCCN(C(=O)CCCc2cn[nH]c2)CCCCOc2ccc(Cl)cc2C(=O)N(C)[C@@H](Cc2ccccc2)C1=O. The summed E-state index contributed by atoms with van der Waals surface area (Å²) in [6.07, 6.45) is 9.11. The summed E-state index contributed by atoms with van der Waals surface area (Å²) in [6.45, 7) is 2.20. The zero-order valence-electron chi connectivity index (χ0n) is 25.1. The Labute approximate surface area is 259 Å². The second kappa shape index (κ2) is 16.1. The Bertz CT molecular complexity index is 1330. The van der Waals surface area contributed by atoms with E-state index in [1.54, 1.807) is 43.4 Å². The molecule has 0 saturated heterocycles.